The van der Waals surface area contributed by atoms with Gasteiger partial charge in [-0.2, -0.15) is 4.98 Å². The molecule has 0 radical (unpaired) electrons. The minimum atomic E-state index is -0.493. The van der Waals surface area contributed by atoms with E-state index in [9.17, 15) is 4.79 Å². The van der Waals surface area contributed by atoms with E-state index in [-0.39, 0.29) is 17.9 Å². The van der Waals surface area contributed by atoms with Crippen molar-refractivity contribution in [2.45, 2.75) is 25.9 Å². The highest BCUT2D eigenvalue weighted by Gasteiger charge is 2.19. The molecule has 17 heavy (non-hydrogen) atoms. The van der Waals surface area contributed by atoms with E-state index in [2.05, 4.69) is 10.3 Å². The fraction of sp³-hybridized carbons (Fsp3) is 0.636. The third-order valence-corrected chi connectivity index (χ3v) is 2.49. The number of esters is 1. The maximum atomic E-state index is 11.3. The molecule has 1 aromatic rings. The number of carbonyl (C=O) groups is 1. The van der Waals surface area contributed by atoms with E-state index >= 15 is 0 Å². The van der Waals surface area contributed by atoms with Gasteiger partial charge in [-0.25, -0.2) is 4.79 Å². The Morgan fingerprint density at radius 1 is 1.71 bits per heavy atom. The first-order valence-electron chi connectivity index (χ1n) is 5.79. The molecule has 1 aliphatic heterocycles. The Kier molecular flexibility index (Phi) is 3.98. The average molecular weight is 240 g/mol. The van der Waals surface area contributed by atoms with Gasteiger partial charge in [0.15, 0.2) is 5.69 Å². The third kappa shape index (κ3) is 3.20. The third-order valence-electron chi connectivity index (χ3n) is 2.49. The van der Waals surface area contributed by atoms with Crippen molar-refractivity contribution in [1.82, 2.24) is 10.3 Å². The quantitative estimate of drug-likeness (QED) is 0.791. The van der Waals surface area contributed by atoms with E-state index in [1.807, 2.05) is 0 Å². The number of nitrogens with zero attached hydrogens (tertiary/aromatic N) is 1. The van der Waals surface area contributed by atoms with Gasteiger partial charge in [0.05, 0.1) is 6.61 Å². The molecule has 0 aliphatic carbocycles. The molecule has 2 rings (SSSR count). The molecule has 0 unspecified atom stereocenters. The Labute approximate surface area is 99.3 Å². The van der Waals surface area contributed by atoms with Gasteiger partial charge in [-0.1, -0.05) is 0 Å². The summed E-state index contributed by atoms with van der Waals surface area (Å²) in [5, 5.41) is 3.22. The van der Waals surface area contributed by atoms with Gasteiger partial charge < -0.3 is 19.2 Å². The fourth-order valence-corrected chi connectivity index (χ4v) is 1.67. The molecule has 2 heterocycles. The standard InChI is InChI=1S/C11H16N2O4/c1-2-15-10(14)9-7-16-11(13-9)17-8-4-3-5-12-6-8/h7-8,12H,2-6H2,1H3/t8-/m0/s1. The van der Waals surface area contributed by atoms with Crippen LogP contribution in [0, 0.1) is 0 Å². The lowest BCUT2D eigenvalue weighted by Crippen LogP contribution is -2.37. The molecular formula is C11H16N2O4. The maximum absolute atomic E-state index is 11.3. The molecule has 0 saturated carbocycles. The van der Waals surface area contributed by atoms with Gasteiger partial charge in [-0.15, -0.1) is 0 Å². The zero-order valence-electron chi connectivity index (χ0n) is 9.77. The zero-order chi connectivity index (χ0) is 12.1. The second-order valence-corrected chi connectivity index (χ2v) is 3.81. The smallest absolute Gasteiger partial charge is 0.394 e. The highest BCUT2D eigenvalue weighted by atomic mass is 16.6. The summed E-state index contributed by atoms with van der Waals surface area (Å²) in [4.78, 5) is 15.3. The predicted octanol–water partition coefficient (Wildman–Crippen LogP) is 0.982. The Morgan fingerprint density at radius 2 is 2.59 bits per heavy atom. The fourth-order valence-electron chi connectivity index (χ4n) is 1.67. The van der Waals surface area contributed by atoms with Crippen LogP contribution in [0.2, 0.25) is 0 Å². The van der Waals surface area contributed by atoms with E-state index in [0.29, 0.717) is 6.61 Å². The van der Waals surface area contributed by atoms with Gasteiger partial charge >= 0.3 is 12.0 Å². The van der Waals surface area contributed by atoms with Crippen LogP contribution in [0.25, 0.3) is 0 Å². The van der Waals surface area contributed by atoms with Gasteiger partial charge in [0, 0.05) is 6.54 Å². The molecule has 1 N–H and O–H groups in total. The van der Waals surface area contributed by atoms with E-state index < -0.39 is 5.97 Å². The van der Waals surface area contributed by atoms with Crippen molar-refractivity contribution in [2.75, 3.05) is 19.7 Å². The number of oxazole rings is 1. The van der Waals surface area contributed by atoms with E-state index in [0.717, 1.165) is 25.9 Å². The lowest BCUT2D eigenvalue weighted by molar-refractivity contribution is 0.0518. The van der Waals surface area contributed by atoms with Crippen LogP contribution in [-0.4, -0.2) is 36.8 Å². The molecule has 1 saturated heterocycles. The van der Waals surface area contributed by atoms with Crippen molar-refractivity contribution in [1.29, 1.82) is 0 Å². The van der Waals surface area contributed by atoms with Crippen LogP contribution in [0.1, 0.15) is 30.3 Å². The van der Waals surface area contributed by atoms with Crippen molar-refractivity contribution < 1.29 is 18.7 Å². The first kappa shape index (κ1) is 11.9. The van der Waals surface area contributed by atoms with Crippen LogP contribution in [0.4, 0.5) is 0 Å². The lowest BCUT2D eigenvalue weighted by atomic mass is 10.1. The Hall–Kier alpha value is -1.56. The van der Waals surface area contributed by atoms with Gasteiger partial charge in [-0.3, -0.25) is 0 Å². The number of carbonyl (C=O) groups excluding carboxylic acids is 1. The summed E-state index contributed by atoms with van der Waals surface area (Å²) < 4.78 is 15.4. The van der Waals surface area contributed by atoms with Gasteiger partial charge in [0.25, 0.3) is 0 Å². The summed E-state index contributed by atoms with van der Waals surface area (Å²) >= 11 is 0. The van der Waals surface area contributed by atoms with E-state index in [1.54, 1.807) is 6.92 Å². The molecule has 0 spiro atoms. The molecule has 1 fully saturated rings. The maximum Gasteiger partial charge on any atom is 0.394 e. The summed E-state index contributed by atoms with van der Waals surface area (Å²) in [6.45, 7) is 3.84. The number of piperidine rings is 1. The van der Waals surface area contributed by atoms with Crippen LogP contribution in [0.5, 0.6) is 6.08 Å². The number of hydrogen-bond donors (Lipinski definition) is 1. The summed E-state index contributed by atoms with van der Waals surface area (Å²) in [7, 11) is 0. The van der Waals surface area contributed by atoms with Crippen molar-refractivity contribution >= 4 is 5.97 Å². The van der Waals surface area contributed by atoms with Crippen LogP contribution in [0.15, 0.2) is 10.7 Å². The summed E-state index contributed by atoms with van der Waals surface area (Å²) in [6.07, 6.45) is 3.46. The molecule has 0 amide bonds. The zero-order valence-corrected chi connectivity index (χ0v) is 9.77. The van der Waals surface area contributed by atoms with Gasteiger partial charge in [0.2, 0.25) is 0 Å². The summed E-state index contributed by atoms with van der Waals surface area (Å²) in [5.74, 6) is -0.493. The number of ether oxygens (including phenoxy) is 2. The molecule has 1 aliphatic rings. The highest BCUT2D eigenvalue weighted by molar-refractivity contribution is 5.86. The largest absolute Gasteiger partial charge is 0.461 e. The first-order chi connectivity index (χ1) is 8.29. The van der Waals surface area contributed by atoms with Crippen LogP contribution >= 0.6 is 0 Å². The SMILES string of the molecule is CCOC(=O)c1coc(O[C@H]2CCCNC2)n1. The molecule has 6 nitrogen and oxygen atoms in total. The average Bonchev–Trinajstić information content (AvgIpc) is 2.79. The van der Waals surface area contributed by atoms with E-state index in [1.165, 1.54) is 6.26 Å². The molecule has 6 heteroatoms. The van der Waals surface area contributed by atoms with Crippen molar-refractivity contribution in [3.8, 4) is 6.08 Å². The number of rotatable bonds is 4. The summed E-state index contributed by atoms with van der Waals surface area (Å²) in [5.41, 5.74) is 0.144. The molecule has 1 aromatic heterocycles. The molecule has 0 bridgehead atoms. The summed E-state index contributed by atoms with van der Waals surface area (Å²) in [6, 6.07) is 0. The Bertz CT molecular complexity index is 371. The number of aromatic nitrogens is 1. The number of nitrogens with one attached hydrogen (secondary N) is 1. The first-order valence-corrected chi connectivity index (χ1v) is 5.79. The second-order valence-electron chi connectivity index (χ2n) is 3.81. The molecule has 94 valence electrons. The predicted molar refractivity (Wildman–Crippen MR) is 59.0 cm³/mol. The topological polar surface area (TPSA) is 73.6 Å². The Morgan fingerprint density at radius 3 is 3.29 bits per heavy atom. The normalized spacial score (nSPS) is 19.9. The second kappa shape index (κ2) is 5.67. The van der Waals surface area contributed by atoms with Gasteiger partial charge in [-0.05, 0) is 26.3 Å². The van der Waals surface area contributed by atoms with Crippen LogP contribution in [0.3, 0.4) is 0 Å². The Balaban J connectivity index is 1.91. The molecular weight excluding hydrogens is 224 g/mol. The minimum Gasteiger partial charge on any atom is -0.461 e. The van der Waals surface area contributed by atoms with E-state index in [4.69, 9.17) is 13.9 Å². The van der Waals surface area contributed by atoms with Crippen molar-refractivity contribution in [3.05, 3.63) is 12.0 Å². The number of hydrogen-bond acceptors (Lipinski definition) is 6. The minimum absolute atomic E-state index is 0.0532. The molecule has 1 atom stereocenters. The van der Waals surface area contributed by atoms with Gasteiger partial charge in [0.1, 0.15) is 12.4 Å². The monoisotopic (exact) mass is 240 g/mol. The molecule has 0 aromatic carbocycles. The van der Waals surface area contributed by atoms with Crippen molar-refractivity contribution in [3.63, 3.8) is 0 Å². The highest BCUT2D eigenvalue weighted by Crippen LogP contribution is 2.15. The van der Waals surface area contributed by atoms with Crippen LogP contribution < -0.4 is 10.1 Å². The van der Waals surface area contributed by atoms with Crippen LogP contribution in [-0.2, 0) is 4.74 Å². The van der Waals surface area contributed by atoms with Crippen molar-refractivity contribution in [2.24, 2.45) is 0 Å². The lowest BCUT2D eigenvalue weighted by Gasteiger charge is -2.21.